The minimum atomic E-state index is -0.994. The van der Waals surface area contributed by atoms with E-state index in [9.17, 15) is 14.4 Å². The first kappa shape index (κ1) is 17.6. The fraction of sp³-hybridized carbons (Fsp3) is 0.529. The van der Waals surface area contributed by atoms with Crippen molar-refractivity contribution in [2.24, 2.45) is 5.92 Å². The minimum Gasteiger partial charge on any atom is -0.465 e. The summed E-state index contributed by atoms with van der Waals surface area (Å²) >= 11 is 1.37. The van der Waals surface area contributed by atoms with Gasteiger partial charge in [-0.3, -0.25) is 19.0 Å². The van der Waals surface area contributed by atoms with E-state index in [2.05, 4.69) is 4.98 Å². The number of ether oxygens (including phenoxy) is 2. The highest BCUT2D eigenvalue weighted by Gasteiger charge is 2.36. The van der Waals surface area contributed by atoms with Crippen molar-refractivity contribution in [3.8, 4) is 0 Å². The second-order valence-electron chi connectivity index (χ2n) is 5.84. The molecule has 0 amide bonds. The molecule has 3 heterocycles. The van der Waals surface area contributed by atoms with Crippen molar-refractivity contribution in [3.63, 3.8) is 0 Å². The maximum atomic E-state index is 12.5. The van der Waals surface area contributed by atoms with E-state index in [1.54, 1.807) is 18.4 Å². The smallest absolute Gasteiger partial charge is 0.320 e. The molecule has 2 aromatic heterocycles. The van der Waals surface area contributed by atoms with Crippen molar-refractivity contribution in [1.82, 2.24) is 9.55 Å². The molecule has 0 radical (unpaired) electrons. The summed E-state index contributed by atoms with van der Waals surface area (Å²) in [6.45, 7) is 4.32. The molecule has 25 heavy (non-hydrogen) atoms. The van der Waals surface area contributed by atoms with E-state index in [1.807, 2.05) is 11.4 Å². The van der Waals surface area contributed by atoms with Crippen LogP contribution in [0.4, 0.5) is 0 Å². The lowest BCUT2D eigenvalue weighted by molar-refractivity contribution is -0.162. The first-order chi connectivity index (χ1) is 12.1. The number of hydrogen-bond acceptors (Lipinski definition) is 7. The summed E-state index contributed by atoms with van der Waals surface area (Å²) in [5.74, 6) is -1.69. The molecule has 134 valence electrons. The van der Waals surface area contributed by atoms with Gasteiger partial charge in [0.15, 0.2) is 5.92 Å². The maximum Gasteiger partial charge on any atom is 0.320 e. The van der Waals surface area contributed by atoms with Crippen LogP contribution in [-0.2, 0) is 25.6 Å². The van der Waals surface area contributed by atoms with Crippen molar-refractivity contribution < 1.29 is 19.1 Å². The summed E-state index contributed by atoms with van der Waals surface area (Å²) in [6, 6.07) is 1.81. The van der Waals surface area contributed by atoms with Gasteiger partial charge in [0.2, 0.25) is 0 Å². The Morgan fingerprint density at radius 2 is 2.00 bits per heavy atom. The summed E-state index contributed by atoms with van der Waals surface area (Å²) in [7, 11) is 0. The van der Waals surface area contributed by atoms with Gasteiger partial charge in [0.1, 0.15) is 10.5 Å². The summed E-state index contributed by atoms with van der Waals surface area (Å²) in [5, 5.41) is 1.84. The predicted octanol–water partition coefficient (Wildman–Crippen LogP) is 2.08. The van der Waals surface area contributed by atoms with Crippen LogP contribution in [0.2, 0.25) is 0 Å². The zero-order chi connectivity index (χ0) is 18.0. The Labute approximate surface area is 148 Å². The van der Waals surface area contributed by atoms with Gasteiger partial charge >= 0.3 is 11.9 Å². The predicted molar refractivity (Wildman–Crippen MR) is 92.6 cm³/mol. The van der Waals surface area contributed by atoms with Crippen molar-refractivity contribution in [2.45, 2.75) is 39.2 Å². The van der Waals surface area contributed by atoms with Gasteiger partial charge in [-0.15, -0.1) is 11.3 Å². The Kier molecular flexibility index (Phi) is 5.17. The molecule has 1 atom stereocenters. The Bertz CT molecular complexity index is 838. The summed E-state index contributed by atoms with van der Waals surface area (Å²) in [6.07, 6.45) is 0.897. The molecule has 0 aliphatic carbocycles. The van der Waals surface area contributed by atoms with Gasteiger partial charge in [-0.1, -0.05) is 0 Å². The molecule has 1 aliphatic rings. The molecule has 0 fully saturated rings. The summed E-state index contributed by atoms with van der Waals surface area (Å²) < 4.78 is 12.3. The van der Waals surface area contributed by atoms with Crippen LogP contribution in [0.15, 0.2) is 16.2 Å². The molecule has 7 nitrogen and oxygen atoms in total. The number of esters is 2. The fourth-order valence-electron chi connectivity index (χ4n) is 3.18. The van der Waals surface area contributed by atoms with Crippen LogP contribution in [0.3, 0.4) is 0 Å². The average molecular weight is 364 g/mol. The van der Waals surface area contributed by atoms with Gasteiger partial charge in [-0.2, -0.15) is 0 Å². The Hall–Kier alpha value is -2.22. The van der Waals surface area contributed by atoms with Gasteiger partial charge in [-0.05, 0) is 38.1 Å². The van der Waals surface area contributed by atoms with Crippen LogP contribution in [-0.4, -0.2) is 34.7 Å². The van der Waals surface area contributed by atoms with Gasteiger partial charge in [0.05, 0.1) is 18.7 Å². The van der Waals surface area contributed by atoms with E-state index in [-0.39, 0.29) is 31.1 Å². The second kappa shape index (κ2) is 7.35. The molecule has 0 spiro atoms. The number of aromatic nitrogens is 2. The zero-order valence-corrected chi connectivity index (χ0v) is 15.0. The number of fused-ring (bicyclic) bond motifs is 2. The summed E-state index contributed by atoms with van der Waals surface area (Å²) in [5.41, 5.74) is 0.610. The number of rotatable bonds is 6. The average Bonchev–Trinajstić information content (AvgIpc) is 3.20. The number of carbonyl (C=O) groups excluding carboxylic acids is 2. The van der Waals surface area contributed by atoms with Gasteiger partial charge in [0, 0.05) is 12.5 Å². The molecule has 8 heteroatoms. The van der Waals surface area contributed by atoms with Crippen molar-refractivity contribution in [2.75, 3.05) is 13.2 Å². The monoisotopic (exact) mass is 364 g/mol. The fourth-order valence-corrected chi connectivity index (χ4v) is 3.96. The van der Waals surface area contributed by atoms with Gasteiger partial charge in [0.25, 0.3) is 5.56 Å². The van der Waals surface area contributed by atoms with Crippen LogP contribution in [0, 0.1) is 5.92 Å². The van der Waals surface area contributed by atoms with Gasteiger partial charge < -0.3 is 9.47 Å². The Balaban J connectivity index is 1.90. The molecular formula is C17H20N2O5S. The largest absolute Gasteiger partial charge is 0.465 e. The molecule has 3 rings (SSSR count). The Morgan fingerprint density at radius 3 is 2.64 bits per heavy atom. The van der Waals surface area contributed by atoms with Crippen LogP contribution in [0.1, 0.15) is 38.4 Å². The number of carbonyl (C=O) groups is 2. The third kappa shape index (κ3) is 3.30. The lowest BCUT2D eigenvalue weighted by Gasteiger charge is -2.17. The van der Waals surface area contributed by atoms with E-state index >= 15 is 0 Å². The zero-order valence-electron chi connectivity index (χ0n) is 14.2. The second-order valence-corrected chi connectivity index (χ2v) is 6.76. The van der Waals surface area contributed by atoms with E-state index in [1.165, 1.54) is 11.3 Å². The van der Waals surface area contributed by atoms with Crippen LogP contribution >= 0.6 is 11.3 Å². The van der Waals surface area contributed by atoms with Crippen LogP contribution < -0.4 is 5.56 Å². The van der Waals surface area contributed by atoms with E-state index in [4.69, 9.17) is 9.47 Å². The van der Waals surface area contributed by atoms with E-state index < -0.39 is 17.9 Å². The van der Waals surface area contributed by atoms with Crippen molar-refractivity contribution in [3.05, 3.63) is 27.6 Å². The third-order valence-electron chi connectivity index (χ3n) is 4.32. The third-order valence-corrected chi connectivity index (χ3v) is 5.22. The highest BCUT2D eigenvalue weighted by Crippen LogP contribution is 2.33. The lowest BCUT2D eigenvalue weighted by atomic mass is 9.93. The minimum absolute atomic E-state index is 0.0543. The van der Waals surface area contributed by atoms with Crippen molar-refractivity contribution >= 4 is 33.5 Å². The molecule has 0 saturated heterocycles. The molecule has 0 N–H and O–H groups in total. The summed E-state index contributed by atoms with van der Waals surface area (Å²) in [4.78, 5) is 41.5. The molecule has 0 aromatic carbocycles. The first-order valence-electron chi connectivity index (χ1n) is 8.38. The number of nitrogens with zero attached hydrogens (tertiary/aromatic N) is 2. The number of hydrogen-bond donors (Lipinski definition) is 0. The number of thiophene rings is 1. The van der Waals surface area contributed by atoms with Crippen LogP contribution in [0.5, 0.6) is 0 Å². The molecule has 1 aliphatic heterocycles. The van der Waals surface area contributed by atoms with E-state index in [0.29, 0.717) is 29.0 Å². The normalized spacial score (nSPS) is 16.2. The molecule has 1 unspecified atom stereocenters. The van der Waals surface area contributed by atoms with Crippen LogP contribution in [0.25, 0.3) is 10.2 Å². The first-order valence-corrected chi connectivity index (χ1v) is 9.26. The maximum absolute atomic E-state index is 12.5. The highest BCUT2D eigenvalue weighted by molar-refractivity contribution is 7.17. The molecular weight excluding hydrogens is 344 g/mol. The van der Waals surface area contributed by atoms with Gasteiger partial charge in [-0.25, -0.2) is 4.98 Å². The molecule has 0 bridgehead atoms. The van der Waals surface area contributed by atoms with E-state index in [0.717, 1.165) is 0 Å². The SMILES string of the molecule is CCOC(=O)C(CC1CCn2c1nc1ccsc1c2=O)C(=O)OCC. The topological polar surface area (TPSA) is 87.5 Å². The quantitative estimate of drug-likeness (QED) is 0.576. The standard InChI is InChI=1S/C17H20N2O5S/c1-3-23-16(21)11(17(22)24-4-2)9-10-5-7-19-14(10)18-12-6-8-25-13(12)15(19)20/h6,8,10-11H,3-5,7,9H2,1-2H3. The lowest BCUT2D eigenvalue weighted by Crippen LogP contribution is -2.30. The Morgan fingerprint density at radius 1 is 1.32 bits per heavy atom. The molecule has 2 aromatic rings. The van der Waals surface area contributed by atoms with Crippen molar-refractivity contribution in [1.29, 1.82) is 0 Å². The highest BCUT2D eigenvalue weighted by atomic mass is 32.1. The molecule has 0 saturated carbocycles.